The highest BCUT2D eigenvalue weighted by molar-refractivity contribution is 5.85. The summed E-state index contributed by atoms with van der Waals surface area (Å²) in [7, 11) is 0. The van der Waals surface area contributed by atoms with Gasteiger partial charge in [0, 0.05) is 18.5 Å². The first-order chi connectivity index (χ1) is 8.12. The molecule has 1 heterocycles. The number of likely N-dealkylation sites (tertiary alicyclic amines) is 1. The summed E-state index contributed by atoms with van der Waals surface area (Å²) < 4.78 is 0. The van der Waals surface area contributed by atoms with Crippen LogP contribution < -0.4 is 11.1 Å². The van der Waals surface area contributed by atoms with Gasteiger partial charge in [-0.2, -0.15) is 0 Å². The predicted octanol–water partition coefficient (Wildman–Crippen LogP) is 0.485. The van der Waals surface area contributed by atoms with E-state index in [4.69, 9.17) is 5.73 Å². The lowest BCUT2D eigenvalue weighted by molar-refractivity contribution is -0.131. The predicted molar refractivity (Wildman–Crippen MR) is 70.8 cm³/mol. The third-order valence-corrected chi connectivity index (χ3v) is 3.30. The molecule has 0 aromatic carbocycles. The van der Waals surface area contributed by atoms with Gasteiger partial charge in [-0.1, -0.05) is 13.8 Å². The van der Waals surface area contributed by atoms with Gasteiger partial charge in [-0.15, -0.1) is 0 Å². The van der Waals surface area contributed by atoms with Crippen LogP contribution in [0.1, 0.15) is 41.0 Å². The second-order valence-electron chi connectivity index (χ2n) is 6.35. The molecule has 1 fully saturated rings. The molecule has 104 valence electrons. The van der Waals surface area contributed by atoms with Gasteiger partial charge in [0.05, 0.1) is 12.1 Å². The average molecular weight is 255 g/mol. The Kier molecular flexibility index (Phi) is 4.37. The molecule has 0 aromatic rings. The minimum absolute atomic E-state index is 0.0888. The molecule has 0 aliphatic carbocycles. The molecule has 1 unspecified atom stereocenters. The molecule has 2 amide bonds. The number of nitrogens with one attached hydrogen (secondary N) is 1. The molecular weight excluding hydrogens is 230 g/mol. The number of carbonyl (C=O) groups is 2. The Morgan fingerprint density at radius 1 is 1.44 bits per heavy atom. The molecule has 1 aliphatic rings. The zero-order chi connectivity index (χ0) is 14.1. The molecule has 0 radical (unpaired) electrons. The van der Waals surface area contributed by atoms with Crippen molar-refractivity contribution < 1.29 is 9.59 Å². The minimum atomic E-state index is -0.510. The third-order valence-electron chi connectivity index (χ3n) is 3.30. The lowest BCUT2D eigenvalue weighted by atomic mass is 10.0. The first-order valence-electron chi connectivity index (χ1n) is 6.49. The van der Waals surface area contributed by atoms with Crippen molar-refractivity contribution in [3.8, 4) is 0 Å². The van der Waals surface area contributed by atoms with Gasteiger partial charge in [-0.25, -0.2) is 0 Å². The zero-order valence-corrected chi connectivity index (χ0v) is 12.0. The third kappa shape index (κ3) is 3.45. The van der Waals surface area contributed by atoms with Crippen LogP contribution in [0.4, 0.5) is 0 Å². The number of nitrogens with two attached hydrogens (primary N) is 1. The molecule has 0 saturated carbocycles. The summed E-state index contributed by atoms with van der Waals surface area (Å²) in [6.45, 7) is 10.4. The summed E-state index contributed by atoms with van der Waals surface area (Å²) in [5.74, 6) is 0.0188. The van der Waals surface area contributed by atoms with E-state index in [-0.39, 0.29) is 29.3 Å². The molecule has 1 rings (SSSR count). The van der Waals surface area contributed by atoms with Crippen LogP contribution in [0.5, 0.6) is 0 Å². The van der Waals surface area contributed by atoms with Crippen molar-refractivity contribution in [2.24, 2.45) is 11.7 Å². The first-order valence-corrected chi connectivity index (χ1v) is 6.49. The van der Waals surface area contributed by atoms with E-state index in [1.807, 2.05) is 34.6 Å². The minimum Gasteiger partial charge on any atom is -0.350 e. The van der Waals surface area contributed by atoms with Crippen molar-refractivity contribution in [2.75, 3.05) is 6.54 Å². The van der Waals surface area contributed by atoms with Gasteiger partial charge in [-0.05, 0) is 26.7 Å². The van der Waals surface area contributed by atoms with Crippen LogP contribution >= 0.6 is 0 Å². The van der Waals surface area contributed by atoms with Gasteiger partial charge in [0.15, 0.2) is 0 Å². The van der Waals surface area contributed by atoms with Gasteiger partial charge in [-0.3, -0.25) is 9.59 Å². The van der Waals surface area contributed by atoms with Gasteiger partial charge >= 0.3 is 0 Å². The van der Waals surface area contributed by atoms with E-state index in [1.54, 1.807) is 4.90 Å². The van der Waals surface area contributed by atoms with E-state index >= 15 is 0 Å². The molecule has 0 bridgehead atoms. The highest BCUT2D eigenvalue weighted by atomic mass is 16.2. The fourth-order valence-electron chi connectivity index (χ4n) is 2.05. The molecule has 5 nitrogen and oxygen atoms in total. The summed E-state index contributed by atoms with van der Waals surface area (Å²) >= 11 is 0. The van der Waals surface area contributed by atoms with E-state index in [2.05, 4.69) is 5.32 Å². The quantitative estimate of drug-likeness (QED) is 0.770. The van der Waals surface area contributed by atoms with E-state index in [0.717, 1.165) is 0 Å². The number of amides is 2. The fraction of sp³-hybridized carbons (Fsp3) is 0.846. The maximum atomic E-state index is 11.9. The van der Waals surface area contributed by atoms with Crippen molar-refractivity contribution in [1.82, 2.24) is 10.2 Å². The fourth-order valence-corrected chi connectivity index (χ4v) is 2.05. The topological polar surface area (TPSA) is 75.4 Å². The summed E-state index contributed by atoms with van der Waals surface area (Å²) in [6, 6.07) is -0.627. The molecule has 2 atom stereocenters. The normalized spacial score (nSPS) is 22.5. The van der Waals surface area contributed by atoms with Crippen LogP contribution in [0.25, 0.3) is 0 Å². The smallest absolute Gasteiger partial charge is 0.237 e. The van der Waals surface area contributed by atoms with Crippen molar-refractivity contribution in [3.05, 3.63) is 0 Å². The van der Waals surface area contributed by atoms with Crippen molar-refractivity contribution in [3.63, 3.8) is 0 Å². The van der Waals surface area contributed by atoms with Crippen LogP contribution in [0.3, 0.4) is 0 Å². The van der Waals surface area contributed by atoms with E-state index in [1.165, 1.54) is 0 Å². The highest BCUT2D eigenvalue weighted by Crippen LogP contribution is 2.21. The van der Waals surface area contributed by atoms with Crippen LogP contribution in [-0.2, 0) is 9.59 Å². The maximum absolute atomic E-state index is 11.9. The van der Waals surface area contributed by atoms with Crippen molar-refractivity contribution >= 4 is 11.8 Å². The molecular formula is C13H25N3O2. The summed E-state index contributed by atoms with van der Waals surface area (Å²) in [6.07, 6.45) is 0.369. The summed E-state index contributed by atoms with van der Waals surface area (Å²) in [5, 5.41) is 2.87. The van der Waals surface area contributed by atoms with E-state index in [0.29, 0.717) is 13.0 Å². The Labute approximate surface area is 109 Å². The molecule has 18 heavy (non-hydrogen) atoms. The zero-order valence-electron chi connectivity index (χ0n) is 12.0. The summed E-state index contributed by atoms with van der Waals surface area (Å²) in [4.78, 5) is 25.5. The monoisotopic (exact) mass is 255 g/mol. The molecule has 3 N–H and O–H groups in total. The summed E-state index contributed by atoms with van der Waals surface area (Å²) in [5.41, 5.74) is 5.58. The Morgan fingerprint density at radius 3 is 2.39 bits per heavy atom. The van der Waals surface area contributed by atoms with Crippen molar-refractivity contribution in [2.45, 2.75) is 58.7 Å². The number of nitrogens with zero attached hydrogens (tertiary/aromatic N) is 1. The lowest BCUT2D eigenvalue weighted by Gasteiger charge is -2.32. The second kappa shape index (κ2) is 5.26. The molecule has 0 aromatic heterocycles. The Bertz CT molecular complexity index is 334. The molecule has 1 aliphatic heterocycles. The van der Waals surface area contributed by atoms with E-state index in [9.17, 15) is 9.59 Å². The van der Waals surface area contributed by atoms with Crippen LogP contribution in [0, 0.1) is 5.92 Å². The van der Waals surface area contributed by atoms with Gasteiger partial charge in [0.25, 0.3) is 0 Å². The first kappa shape index (κ1) is 15.0. The van der Waals surface area contributed by atoms with Crippen LogP contribution in [-0.4, -0.2) is 40.9 Å². The lowest BCUT2D eigenvalue weighted by Crippen LogP contribution is -2.49. The Hall–Kier alpha value is -1.10. The van der Waals surface area contributed by atoms with Gasteiger partial charge in [0.1, 0.15) is 0 Å². The number of carbonyl (C=O) groups excluding carboxylic acids is 2. The number of hydrogen-bond acceptors (Lipinski definition) is 3. The van der Waals surface area contributed by atoms with Crippen molar-refractivity contribution in [1.29, 1.82) is 0 Å². The Morgan fingerprint density at radius 2 is 2.00 bits per heavy atom. The highest BCUT2D eigenvalue weighted by Gasteiger charge is 2.37. The molecule has 5 heteroatoms. The maximum Gasteiger partial charge on any atom is 0.237 e. The van der Waals surface area contributed by atoms with Crippen LogP contribution in [0.15, 0.2) is 0 Å². The van der Waals surface area contributed by atoms with Crippen LogP contribution in [0.2, 0.25) is 0 Å². The van der Waals surface area contributed by atoms with E-state index < -0.39 is 6.04 Å². The molecule has 0 spiro atoms. The largest absolute Gasteiger partial charge is 0.350 e. The number of hydrogen-bond donors (Lipinski definition) is 2. The molecule has 1 saturated heterocycles. The van der Waals surface area contributed by atoms with Gasteiger partial charge < -0.3 is 16.0 Å². The second-order valence-corrected chi connectivity index (χ2v) is 6.35. The van der Waals surface area contributed by atoms with Gasteiger partial charge in [0.2, 0.25) is 11.8 Å². The Balaban J connectivity index is 2.57. The SMILES string of the molecule is CC(C)[C@H](N)C(=O)NC1CC(=O)N(C(C)(C)C)C1. The standard InChI is InChI=1S/C13H25N3O2/c1-8(2)11(14)12(18)15-9-6-10(17)16(7-9)13(3,4)5/h8-9,11H,6-7,14H2,1-5H3,(H,15,18)/t9?,11-/m0/s1. The number of rotatable bonds is 3. The average Bonchev–Trinajstić information content (AvgIpc) is 2.57.